The summed E-state index contributed by atoms with van der Waals surface area (Å²) in [5.74, 6) is 0.301. The molecule has 0 radical (unpaired) electrons. The van der Waals surface area contributed by atoms with E-state index in [0.717, 1.165) is 19.3 Å². The highest BCUT2D eigenvalue weighted by molar-refractivity contribution is 6.04. The first-order valence-corrected chi connectivity index (χ1v) is 9.08. The van der Waals surface area contributed by atoms with Gasteiger partial charge >= 0.3 is 0 Å². The van der Waals surface area contributed by atoms with Crippen LogP contribution in [0.5, 0.6) is 0 Å². The van der Waals surface area contributed by atoms with Crippen molar-refractivity contribution in [3.8, 4) is 0 Å². The molecule has 2 N–H and O–H groups in total. The summed E-state index contributed by atoms with van der Waals surface area (Å²) in [5.41, 5.74) is 1.59. The summed E-state index contributed by atoms with van der Waals surface area (Å²) >= 11 is 0. The van der Waals surface area contributed by atoms with Crippen molar-refractivity contribution in [1.29, 1.82) is 0 Å². The SMILES string of the molecule is CC(C)CCCC(C)NC(=O)c1cccc(NC(=O)c2cccnc2)c1. The summed E-state index contributed by atoms with van der Waals surface area (Å²) in [5, 5.41) is 5.82. The van der Waals surface area contributed by atoms with Gasteiger partial charge in [-0.1, -0.05) is 32.8 Å². The molecule has 1 aromatic heterocycles. The van der Waals surface area contributed by atoms with E-state index in [4.69, 9.17) is 0 Å². The van der Waals surface area contributed by atoms with Crippen LogP contribution in [0.25, 0.3) is 0 Å². The van der Waals surface area contributed by atoms with Gasteiger partial charge in [-0.3, -0.25) is 14.6 Å². The minimum absolute atomic E-state index is 0.120. The predicted octanol–water partition coefficient (Wildman–Crippen LogP) is 4.28. The lowest BCUT2D eigenvalue weighted by molar-refractivity contribution is 0.0936. The number of pyridine rings is 1. The van der Waals surface area contributed by atoms with Gasteiger partial charge in [-0.15, -0.1) is 0 Å². The van der Waals surface area contributed by atoms with Crippen molar-refractivity contribution < 1.29 is 9.59 Å². The summed E-state index contributed by atoms with van der Waals surface area (Å²) in [7, 11) is 0. The molecule has 1 atom stereocenters. The Balaban J connectivity index is 1.93. The van der Waals surface area contributed by atoms with Crippen LogP contribution in [0.4, 0.5) is 5.69 Å². The van der Waals surface area contributed by atoms with Gasteiger partial charge in [0, 0.05) is 29.7 Å². The molecule has 0 saturated carbocycles. The average molecular weight is 353 g/mol. The maximum absolute atomic E-state index is 12.4. The quantitative estimate of drug-likeness (QED) is 0.744. The normalized spacial score (nSPS) is 11.8. The smallest absolute Gasteiger partial charge is 0.257 e. The molecule has 1 unspecified atom stereocenters. The minimum Gasteiger partial charge on any atom is -0.350 e. The van der Waals surface area contributed by atoms with E-state index in [1.54, 1.807) is 42.6 Å². The van der Waals surface area contributed by atoms with Crippen LogP contribution in [0.3, 0.4) is 0 Å². The number of carbonyl (C=O) groups is 2. The first-order chi connectivity index (χ1) is 12.5. The van der Waals surface area contributed by atoms with E-state index in [0.29, 0.717) is 22.7 Å². The maximum Gasteiger partial charge on any atom is 0.257 e. The van der Waals surface area contributed by atoms with Gasteiger partial charge in [-0.05, 0) is 49.6 Å². The number of anilines is 1. The zero-order valence-corrected chi connectivity index (χ0v) is 15.7. The lowest BCUT2D eigenvalue weighted by atomic mass is 10.0. The zero-order chi connectivity index (χ0) is 18.9. The van der Waals surface area contributed by atoms with Crippen LogP contribution >= 0.6 is 0 Å². The van der Waals surface area contributed by atoms with Gasteiger partial charge in [0.2, 0.25) is 0 Å². The predicted molar refractivity (Wildman–Crippen MR) is 104 cm³/mol. The van der Waals surface area contributed by atoms with Crippen LogP contribution in [0, 0.1) is 5.92 Å². The highest BCUT2D eigenvalue weighted by Gasteiger charge is 2.12. The van der Waals surface area contributed by atoms with Crippen LogP contribution in [0.2, 0.25) is 0 Å². The third-order valence-electron chi connectivity index (χ3n) is 4.10. The third kappa shape index (κ3) is 6.31. The molecule has 0 aliphatic heterocycles. The molecule has 2 rings (SSSR count). The molecule has 0 fully saturated rings. The van der Waals surface area contributed by atoms with Crippen LogP contribution in [0.1, 0.15) is 60.7 Å². The zero-order valence-electron chi connectivity index (χ0n) is 15.7. The number of amides is 2. The minimum atomic E-state index is -0.252. The molecule has 0 saturated heterocycles. The van der Waals surface area contributed by atoms with Crippen molar-refractivity contribution in [1.82, 2.24) is 10.3 Å². The Morgan fingerprint density at radius 3 is 2.46 bits per heavy atom. The molecule has 26 heavy (non-hydrogen) atoms. The van der Waals surface area contributed by atoms with Gasteiger partial charge in [0.25, 0.3) is 11.8 Å². The number of nitrogens with one attached hydrogen (secondary N) is 2. The van der Waals surface area contributed by atoms with Gasteiger partial charge in [-0.25, -0.2) is 0 Å². The number of hydrogen-bond donors (Lipinski definition) is 2. The molecular weight excluding hydrogens is 326 g/mol. The van der Waals surface area contributed by atoms with Crippen LogP contribution in [0.15, 0.2) is 48.8 Å². The van der Waals surface area contributed by atoms with Crippen molar-refractivity contribution in [2.45, 2.75) is 46.1 Å². The first kappa shape index (κ1) is 19.6. The molecule has 1 heterocycles. The van der Waals surface area contributed by atoms with Crippen molar-refractivity contribution in [3.05, 3.63) is 59.9 Å². The van der Waals surface area contributed by atoms with E-state index < -0.39 is 0 Å². The Morgan fingerprint density at radius 2 is 1.77 bits per heavy atom. The molecule has 2 amide bonds. The summed E-state index contributed by atoms with van der Waals surface area (Å²) in [4.78, 5) is 28.6. The molecule has 0 bridgehead atoms. The maximum atomic E-state index is 12.4. The first-order valence-electron chi connectivity index (χ1n) is 9.08. The lowest BCUT2D eigenvalue weighted by Crippen LogP contribution is -2.32. The summed E-state index contributed by atoms with van der Waals surface area (Å²) in [6.07, 6.45) is 6.34. The van der Waals surface area contributed by atoms with Crippen LogP contribution in [-0.4, -0.2) is 22.8 Å². The number of hydrogen-bond acceptors (Lipinski definition) is 3. The number of carbonyl (C=O) groups excluding carboxylic acids is 2. The largest absolute Gasteiger partial charge is 0.350 e. The summed E-state index contributed by atoms with van der Waals surface area (Å²) in [6.45, 7) is 6.43. The molecule has 0 aliphatic carbocycles. The molecule has 5 nitrogen and oxygen atoms in total. The molecule has 5 heteroatoms. The van der Waals surface area contributed by atoms with Gasteiger partial charge in [0.05, 0.1) is 5.56 Å². The van der Waals surface area contributed by atoms with Gasteiger partial charge < -0.3 is 10.6 Å². The Labute approximate surface area is 155 Å². The number of aromatic nitrogens is 1. The fourth-order valence-electron chi connectivity index (χ4n) is 2.65. The number of rotatable bonds is 8. The fourth-order valence-corrected chi connectivity index (χ4v) is 2.65. The van der Waals surface area contributed by atoms with E-state index in [9.17, 15) is 9.59 Å². The molecule has 0 spiro atoms. The summed E-state index contributed by atoms with van der Waals surface area (Å²) < 4.78 is 0. The van der Waals surface area contributed by atoms with E-state index in [1.807, 2.05) is 6.92 Å². The molecule has 0 aliphatic rings. The van der Waals surface area contributed by atoms with Crippen molar-refractivity contribution in [3.63, 3.8) is 0 Å². The highest BCUT2D eigenvalue weighted by Crippen LogP contribution is 2.13. The Bertz CT molecular complexity index is 729. The molecular formula is C21H27N3O2. The third-order valence-corrected chi connectivity index (χ3v) is 4.10. The van der Waals surface area contributed by atoms with E-state index >= 15 is 0 Å². The second-order valence-corrected chi connectivity index (χ2v) is 6.98. The topological polar surface area (TPSA) is 71.1 Å². The van der Waals surface area contributed by atoms with Gasteiger partial charge in [-0.2, -0.15) is 0 Å². The van der Waals surface area contributed by atoms with Crippen molar-refractivity contribution in [2.24, 2.45) is 5.92 Å². The molecule has 138 valence electrons. The fraction of sp³-hybridized carbons (Fsp3) is 0.381. The lowest BCUT2D eigenvalue weighted by Gasteiger charge is -2.15. The monoisotopic (exact) mass is 353 g/mol. The average Bonchev–Trinajstić information content (AvgIpc) is 2.62. The highest BCUT2D eigenvalue weighted by atomic mass is 16.2. The number of benzene rings is 1. The van der Waals surface area contributed by atoms with E-state index in [-0.39, 0.29) is 17.9 Å². The van der Waals surface area contributed by atoms with E-state index in [1.165, 1.54) is 6.20 Å². The molecule has 1 aromatic carbocycles. The van der Waals surface area contributed by atoms with Gasteiger partial charge in [0.15, 0.2) is 0 Å². The van der Waals surface area contributed by atoms with Crippen LogP contribution in [-0.2, 0) is 0 Å². The van der Waals surface area contributed by atoms with Crippen molar-refractivity contribution >= 4 is 17.5 Å². The van der Waals surface area contributed by atoms with Crippen molar-refractivity contribution in [2.75, 3.05) is 5.32 Å². The standard InChI is InChI=1S/C21H27N3O2/c1-15(2)7-4-8-16(3)23-20(25)17-9-5-11-19(13-17)24-21(26)18-10-6-12-22-14-18/h5-6,9-16H,4,7-8H2,1-3H3,(H,23,25)(H,24,26). The summed E-state index contributed by atoms with van der Waals surface area (Å²) in [6, 6.07) is 10.5. The molecule has 2 aromatic rings. The Kier molecular flexibility index (Phi) is 7.33. The van der Waals surface area contributed by atoms with Crippen LogP contribution < -0.4 is 10.6 Å². The Morgan fingerprint density at radius 1 is 1.00 bits per heavy atom. The van der Waals surface area contributed by atoms with E-state index in [2.05, 4.69) is 29.5 Å². The Hall–Kier alpha value is -2.69. The second kappa shape index (κ2) is 9.70. The number of nitrogens with zero attached hydrogens (tertiary/aromatic N) is 1. The second-order valence-electron chi connectivity index (χ2n) is 6.98. The van der Waals surface area contributed by atoms with Gasteiger partial charge in [0.1, 0.15) is 0 Å².